The Kier molecular flexibility index (Phi) is 3.24. The van der Waals surface area contributed by atoms with Crippen LogP contribution < -0.4 is 0 Å². The van der Waals surface area contributed by atoms with Crippen LogP contribution in [0.1, 0.15) is 22.5 Å². The summed E-state index contributed by atoms with van der Waals surface area (Å²) >= 11 is 0. The number of carboxylic acids is 1. The predicted molar refractivity (Wildman–Crippen MR) is 72.8 cm³/mol. The minimum Gasteiger partial charge on any atom is -0.481 e. The SMILES string of the molecule is Cc1nn(C)cc1C(=O)N1C[C@H]2COCC[C@@]2(C(=O)O)C1. The number of likely N-dealkylation sites (tertiary alicyclic amines) is 1. The highest BCUT2D eigenvalue weighted by Crippen LogP contribution is 2.42. The van der Waals surface area contributed by atoms with Crippen molar-refractivity contribution >= 4 is 11.9 Å². The topological polar surface area (TPSA) is 84.7 Å². The molecule has 0 spiro atoms. The van der Waals surface area contributed by atoms with Crippen LogP contribution in [0.15, 0.2) is 6.20 Å². The molecular formula is C14H19N3O4. The van der Waals surface area contributed by atoms with E-state index in [-0.39, 0.29) is 18.4 Å². The summed E-state index contributed by atoms with van der Waals surface area (Å²) in [6.45, 7) is 3.31. The predicted octanol–water partition coefficient (Wildman–Crippen LogP) is 0.292. The summed E-state index contributed by atoms with van der Waals surface area (Å²) in [5, 5.41) is 13.8. The fourth-order valence-electron chi connectivity index (χ4n) is 3.43. The standard InChI is InChI=1S/C14H19N3O4/c1-9-11(6-16(2)15-9)12(18)17-5-10-7-21-4-3-14(10,8-17)13(19)20/h6,10H,3-5,7-8H2,1-2H3,(H,19,20)/t10-,14+/m0/s1. The zero-order valence-electron chi connectivity index (χ0n) is 12.2. The maximum atomic E-state index is 12.6. The van der Waals surface area contributed by atoms with E-state index in [1.165, 1.54) is 0 Å². The molecule has 1 aromatic heterocycles. The van der Waals surface area contributed by atoms with E-state index in [1.807, 2.05) is 0 Å². The van der Waals surface area contributed by atoms with Crippen molar-refractivity contribution in [3.8, 4) is 0 Å². The summed E-state index contributed by atoms with van der Waals surface area (Å²) in [6, 6.07) is 0. The third-order valence-corrected chi connectivity index (χ3v) is 4.66. The Labute approximate surface area is 122 Å². The quantitative estimate of drug-likeness (QED) is 0.847. The minimum atomic E-state index is -0.857. The summed E-state index contributed by atoms with van der Waals surface area (Å²) in [6.07, 6.45) is 2.15. The van der Waals surface area contributed by atoms with Crippen LogP contribution >= 0.6 is 0 Å². The van der Waals surface area contributed by atoms with Crippen molar-refractivity contribution in [1.29, 1.82) is 0 Å². The number of hydrogen-bond donors (Lipinski definition) is 1. The van der Waals surface area contributed by atoms with Gasteiger partial charge in [0.05, 0.1) is 23.3 Å². The maximum Gasteiger partial charge on any atom is 0.311 e. The van der Waals surface area contributed by atoms with E-state index >= 15 is 0 Å². The van der Waals surface area contributed by atoms with Crippen molar-refractivity contribution in [2.45, 2.75) is 13.3 Å². The smallest absolute Gasteiger partial charge is 0.311 e. The normalized spacial score (nSPS) is 28.5. The molecule has 0 saturated carbocycles. The third kappa shape index (κ3) is 2.12. The van der Waals surface area contributed by atoms with E-state index < -0.39 is 11.4 Å². The summed E-state index contributed by atoms with van der Waals surface area (Å²) in [5.41, 5.74) is 0.347. The van der Waals surface area contributed by atoms with Gasteiger partial charge in [-0.25, -0.2) is 0 Å². The molecule has 0 unspecified atom stereocenters. The molecule has 0 radical (unpaired) electrons. The Balaban J connectivity index is 1.87. The maximum absolute atomic E-state index is 12.6. The Hall–Kier alpha value is -1.89. The number of aryl methyl sites for hydroxylation is 2. The minimum absolute atomic E-state index is 0.135. The van der Waals surface area contributed by atoms with Crippen LogP contribution in [0.5, 0.6) is 0 Å². The zero-order chi connectivity index (χ0) is 15.2. The molecule has 2 atom stereocenters. The second kappa shape index (κ2) is 4.84. The first-order valence-electron chi connectivity index (χ1n) is 7.05. The first-order chi connectivity index (χ1) is 9.94. The molecule has 2 fully saturated rings. The molecule has 7 heteroatoms. The number of amides is 1. The van der Waals surface area contributed by atoms with Crippen LogP contribution in [0.2, 0.25) is 0 Å². The number of carboxylic acid groups (broad SMARTS) is 1. The van der Waals surface area contributed by atoms with Crippen LogP contribution in [0.4, 0.5) is 0 Å². The van der Waals surface area contributed by atoms with Crippen molar-refractivity contribution in [2.75, 3.05) is 26.3 Å². The largest absolute Gasteiger partial charge is 0.481 e. The molecule has 3 rings (SSSR count). The van der Waals surface area contributed by atoms with Gasteiger partial charge in [0.15, 0.2) is 0 Å². The Morgan fingerprint density at radius 3 is 2.86 bits per heavy atom. The van der Waals surface area contributed by atoms with E-state index in [0.29, 0.717) is 37.4 Å². The molecule has 1 N–H and O–H groups in total. The van der Waals surface area contributed by atoms with E-state index in [1.54, 1.807) is 29.7 Å². The van der Waals surface area contributed by atoms with Crippen LogP contribution in [0, 0.1) is 18.3 Å². The van der Waals surface area contributed by atoms with Crippen LogP contribution in [0.3, 0.4) is 0 Å². The van der Waals surface area contributed by atoms with Gasteiger partial charge < -0.3 is 14.7 Å². The first kappa shape index (κ1) is 14.1. The monoisotopic (exact) mass is 293 g/mol. The average molecular weight is 293 g/mol. The lowest BCUT2D eigenvalue weighted by molar-refractivity contribution is -0.157. The van der Waals surface area contributed by atoms with Crippen molar-refractivity contribution < 1.29 is 19.4 Å². The average Bonchev–Trinajstić information content (AvgIpc) is 2.99. The summed E-state index contributed by atoms with van der Waals surface area (Å²) in [7, 11) is 1.76. The van der Waals surface area contributed by atoms with E-state index in [0.717, 1.165) is 0 Å². The molecule has 0 bridgehead atoms. The van der Waals surface area contributed by atoms with Crippen LogP contribution in [-0.2, 0) is 16.6 Å². The lowest BCUT2D eigenvalue weighted by atomic mass is 9.74. The highest BCUT2D eigenvalue weighted by molar-refractivity contribution is 5.96. The Morgan fingerprint density at radius 1 is 1.52 bits per heavy atom. The molecule has 0 aliphatic carbocycles. The lowest BCUT2D eigenvalue weighted by Gasteiger charge is -2.33. The van der Waals surface area contributed by atoms with Gasteiger partial charge in [-0.05, 0) is 13.3 Å². The van der Waals surface area contributed by atoms with Gasteiger partial charge >= 0.3 is 5.97 Å². The van der Waals surface area contributed by atoms with Crippen molar-refractivity contribution in [1.82, 2.24) is 14.7 Å². The zero-order valence-corrected chi connectivity index (χ0v) is 12.2. The van der Waals surface area contributed by atoms with Crippen LogP contribution in [-0.4, -0.2) is 58.0 Å². The molecule has 2 aliphatic heterocycles. The Bertz CT molecular complexity index is 597. The van der Waals surface area contributed by atoms with Gasteiger partial charge in [0.2, 0.25) is 0 Å². The fraction of sp³-hybridized carbons (Fsp3) is 0.643. The Morgan fingerprint density at radius 2 is 2.29 bits per heavy atom. The third-order valence-electron chi connectivity index (χ3n) is 4.66. The molecule has 1 amide bonds. The summed E-state index contributed by atoms with van der Waals surface area (Å²) < 4.78 is 7.00. The van der Waals surface area contributed by atoms with Gasteiger partial charge in [0.1, 0.15) is 0 Å². The number of fused-ring (bicyclic) bond motifs is 1. The highest BCUT2D eigenvalue weighted by Gasteiger charge is 2.55. The van der Waals surface area contributed by atoms with E-state index in [9.17, 15) is 14.7 Å². The van der Waals surface area contributed by atoms with Crippen molar-refractivity contribution in [3.05, 3.63) is 17.5 Å². The molecule has 2 aliphatic rings. The van der Waals surface area contributed by atoms with Crippen molar-refractivity contribution in [3.63, 3.8) is 0 Å². The summed E-state index contributed by atoms with van der Waals surface area (Å²) in [5.74, 6) is -1.10. The van der Waals surface area contributed by atoms with Gasteiger partial charge in [-0.3, -0.25) is 14.3 Å². The molecule has 7 nitrogen and oxygen atoms in total. The highest BCUT2D eigenvalue weighted by atomic mass is 16.5. The number of nitrogens with zero attached hydrogens (tertiary/aromatic N) is 3. The van der Waals surface area contributed by atoms with Crippen LogP contribution in [0.25, 0.3) is 0 Å². The summed E-state index contributed by atoms with van der Waals surface area (Å²) in [4.78, 5) is 26.0. The number of carbonyl (C=O) groups is 2. The number of aliphatic carboxylic acids is 1. The van der Waals surface area contributed by atoms with Gasteiger partial charge in [-0.1, -0.05) is 0 Å². The lowest BCUT2D eigenvalue weighted by Crippen LogP contribution is -2.45. The number of rotatable bonds is 2. The molecule has 3 heterocycles. The fourth-order valence-corrected chi connectivity index (χ4v) is 3.43. The van der Waals surface area contributed by atoms with Crippen molar-refractivity contribution in [2.24, 2.45) is 18.4 Å². The second-order valence-corrected chi connectivity index (χ2v) is 5.97. The first-order valence-corrected chi connectivity index (χ1v) is 7.05. The molecule has 1 aromatic rings. The molecule has 2 saturated heterocycles. The number of hydrogen-bond acceptors (Lipinski definition) is 4. The van der Waals surface area contributed by atoms with E-state index in [2.05, 4.69) is 5.10 Å². The van der Waals surface area contributed by atoms with Gasteiger partial charge in [-0.15, -0.1) is 0 Å². The molecule has 0 aromatic carbocycles. The van der Waals surface area contributed by atoms with Gasteiger partial charge in [0, 0.05) is 38.9 Å². The molecular weight excluding hydrogens is 274 g/mol. The number of ether oxygens (including phenoxy) is 1. The number of aromatic nitrogens is 2. The van der Waals surface area contributed by atoms with E-state index in [4.69, 9.17) is 4.74 Å². The van der Waals surface area contributed by atoms with Gasteiger partial charge in [-0.2, -0.15) is 5.10 Å². The molecule has 21 heavy (non-hydrogen) atoms. The number of carbonyl (C=O) groups excluding carboxylic acids is 1. The van der Waals surface area contributed by atoms with Gasteiger partial charge in [0.25, 0.3) is 5.91 Å². The molecule has 114 valence electrons. The second-order valence-electron chi connectivity index (χ2n) is 5.97.